The van der Waals surface area contributed by atoms with Gasteiger partial charge in [-0.1, -0.05) is 97.1 Å². The fraction of sp³-hybridized carbons (Fsp3) is 0. The molecule has 0 aliphatic rings. The largest absolute Gasteiger partial charge is 0.456 e. The third kappa shape index (κ3) is 4.03. The highest BCUT2D eigenvalue weighted by Crippen LogP contribution is 2.46. The van der Waals surface area contributed by atoms with Crippen molar-refractivity contribution < 1.29 is 4.42 Å². The highest BCUT2D eigenvalue weighted by atomic mass is 32.1. The smallest absolute Gasteiger partial charge is 0.137 e. The van der Waals surface area contributed by atoms with Crippen LogP contribution in [0.1, 0.15) is 0 Å². The van der Waals surface area contributed by atoms with Crippen LogP contribution in [0.2, 0.25) is 0 Å². The van der Waals surface area contributed by atoms with Crippen LogP contribution in [0, 0.1) is 0 Å². The quantitative estimate of drug-likeness (QED) is 0.188. The Bertz CT molecular complexity index is 3110. The van der Waals surface area contributed by atoms with Crippen LogP contribution in [0.15, 0.2) is 174 Å². The molecule has 4 heteroatoms. The van der Waals surface area contributed by atoms with E-state index >= 15 is 0 Å². The van der Waals surface area contributed by atoms with Crippen molar-refractivity contribution in [3.8, 4) is 5.69 Å². The maximum atomic E-state index is 6.59. The van der Waals surface area contributed by atoms with E-state index in [0.717, 1.165) is 50.2 Å². The Morgan fingerprint density at radius 1 is 0.440 bits per heavy atom. The van der Waals surface area contributed by atoms with Crippen molar-refractivity contribution in [2.45, 2.75) is 0 Å². The summed E-state index contributed by atoms with van der Waals surface area (Å²) in [6, 6.07) is 61.3. The van der Waals surface area contributed by atoms with Crippen LogP contribution in [-0.2, 0) is 0 Å². The van der Waals surface area contributed by atoms with Crippen LogP contribution in [-0.4, -0.2) is 4.57 Å². The van der Waals surface area contributed by atoms with Gasteiger partial charge in [-0.25, -0.2) is 0 Å². The predicted octanol–water partition coefficient (Wildman–Crippen LogP) is 13.7. The van der Waals surface area contributed by atoms with Crippen LogP contribution in [0.3, 0.4) is 0 Å². The molecule has 50 heavy (non-hydrogen) atoms. The SMILES string of the molecule is c1ccc(-n2c3ccccc3c3ccc(N(c4ccc5c(c4)sc4ccccc45)c4cccc5oc6cc7ccccc7cc6c45)cc32)cc1. The number of aromatic nitrogens is 1. The van der Waals surface area contributed by atoms with E-state index in [1.165, 1.54) is 47.2 Å². The highest BCUT2D eigenvalue weighted by molar-refractivity contribution is 7.25. The molecule has 3 heterocycles. The molecule has 3 aromatic heterocycles. The predicted molar refractivity (Wildman–Crippen MR) is 213 cm³/mol. The average molecular weight is 657 g/mol. The van der Waals surface area contributed by atoms with Gasteiger partial charge in [0.2, 0.25) is 0 Å². The molecular formula is C46H28N2OS. The van der Waals surface area contributed by atoms with Crippen LogP contribution in [0.25, 0.3) is 80.4 Å². The van der Waals surface area contributed by atoms with Gasteiger partial charge in [-0.3, -0.25) is 0 Å². The number of anilines is 3. The summed E-state index contributed by atoms with van der Waals surface area (Å²) < 4.78 is 11.5. The summed E-state index contributed by atoms with van der Waals surface area (Å²) in [7, 11) is 0. The molecule has 11 rings (SSSR count). The Morgan fingerprint density at radius 3 is 2.00 bits per heavy atom. The van der Waals surface area contributed by atoms with Gasteiger partial charge in [0.05, 0.1) is 22.1 Å². The van der Waals surface area contributed by atoms with E-state index < -0.39 is 0 Å². The Hall–Kier alpha value is -6.36. The van der Waals surface area contributed by atoms with Crippen LogP contribution >= 0.6 is 11.3 Å². The van der Waals surface area contributed by atoms with Crippen molar-refractivity contribution in [3.05, 3.63) is 170 Å². The zero-order valence-electron chi connectivity index (χ0n) is 26.9. The number of rotatable bonds is 4. The Morgan fingerprint density at radius 2 is 1.12 bits per heavy atom. The molecule has 0 radical (unpaired) electrons. The standard InChI is InChI=1S/C46H28N2OS/c1-2-13-31(14-3-1)48-39-17-8-6-15-34(39)35-23-21-32(27-41(35)48)47(33-22-24-37-36-16-7-9-20-44(36)50-45(37)28-33)40-18-10-19-42-46(40)38-25-29-11-4-5-12-30(29)26-43(38)49-42/h1-28H. The minimum absolute atomic E-state index is 0.875. The Kier molecular flexibility index (Phi) is 5.83. The summed E-state index contributed by atoms with van der Waals surface area (Å²) in [5, 5.41) is 9.64. The van der Waals surface area contributed by atoms with E-state index in [2.05, 4.69) is 179 Å². The molecule has 0 aliphatic carbocycles. The summed E-state index contributed by atoms with van der Waals surface area (Å²) in [5.41, 5.74) is 8.54. The molecule has 0 saturated carbocycles. The first kappa shape index (κ1) is 27.6. The second-order valence-corrected chi connectivity index (χ2v) is 14.0. The molecule has 8 aromatic carbocycles. The molecule has 0 N–H and O–H groups in total. The zero-order valence-corrected chi connectivity index (χ0v) is 27.7. The Labute approximate surface area is 291 Å². The van der Waals surface area contributed by atoms with Crippen molar-refractivity contribution in [2.24, 2.45) is 0 Å². The lowest BCUT2D eigenvalue weighted by molar-refractivity contribution is 0.669. The van der Waals surface area contributed by atoms with Gasteiger partial charge in [0.25, 0.3) is 0 Å². The molecule has 0 unspecified atom stereocenters. The summed E-state index contributed by atoms with van der Waals surface area (Å²) in [4.78, 5) is 2.42. The second kappa shape index (κ2) is 10.6. The van der Waals surface area contributed by atoms with Crippen molar-refractivity contribution in [3.63, 3.8) is 0 Å². The maximum Gasteiger partial charge on any atom is 0.137 e. The topological polar surface area (TPSA) is 21.3 Å². The van der Waals surface area contributed by atoms with Gasteiger partial charge >= 0.3 is 0 Å². The normalized spacial score (nSPS) is 12.0. The number of hydrogen-bond donors (Lipinski definition) is 0. The molecule has 0 bridgehead atoms. The lowest BCUT2D eigenvalue weighted by atomic mass is 10.0. The van der Waals surface area contributed by atoms with Crippen LogP contribution in [0.5, 0.6) is 0 Å². The van der Waals surface area contributed by atoms with Crippen molar-refractivity contribution in [1.29, 1.82) is 0 Å². The minimum Gasteiger partial charge on any atom is -0.456 e. The van der Waals surface area contributed by atoms with Gasteiger partial charge in [0.1, 0.15) is 11.2 Å². The molecular weight excluding hydrogens is 629 g/mol. The van der Waals surface area contributed by atoms with Gasteiger partial charge in [0, 0.05) is 53.4 Å². The van der Waals surface area contributed by atoms with Gasteiger partial charge in [-0.15, -0.1) is 11.3 Å². The Balaban J connectivity index is 1.23. The number of hydrogen-bond acceptors (Lipinski definition) is 3. The van der Waals surface area contributed by atoms with Crippen molar-refractivity contribution in [2.75, 3.05) is 4.90 Å². The van der Waals surface area contributed by atoms with E-state index in [9.17, 15) is 0 Å². The van der Waals surface area contributed by atoms with E-state index in [0.29, 0.717) is 0 Å². The third-order valence-electron chi connectivity index (χ3n) is 10.1. The summed E-state index contributed by atoms with van der Waals surface area (Å²) in [6.45, 7) is 0. The monoisotopic (exact) mass is 656 g/mol. The van der Waals surface area contributed by atoms with Gasteiger partial charge in [-0.05, 0) is 83.6 Å². The third-order valence-corrected chi connectivity index (χ3v) is 11.3. The molecule has 0 aliphatic heterocycles. The van der Waals surface area contributed by atoms with Crippen molar-refractivity contribution in [1.82, 2.24) is 4.57 Å². The molecule has 0 fully saturated rings. The molecule has 0 spiro atoms. The molecule has 234 valence electrons. The molecule has 3 nitrogen and oxygen atoms in total. The highest BCUT2D eigenvalue weighted by Gasteiger charge is 2.22. The van der Waals surface area contributed by atoms with Gasteiger partial charge < -0.3 is 13.9 Å². The number of benzene rings is 8. The first-order chi connectivity index (χ1) is 24.8. The maximum absolute atomic E-state index is 6.59. The summed E-state index contributed by atoms with van der Waals surface area (Å²) in [5.74, 6) is 0. The van der Waals surface area contributed by atoms with Crippen LogP contribution in [0.4, 0.5) is 17.1 Å². The number of nitrogens with zero attached hydrogens (tertiary/aromatic N) is 2. The number of para-hydroxylation sites is 2. The van der Waals surface area contributed by atoms with E-state index in [4.69, 9.17) is 4.42 Å². The first-order valence-corrected chi connectivity index (χ1v) is 17.7. The van der Waals surface area contributed by atoms with Crippen molar-refractivity contribution >= 4 is 103 Å². The molecule has 0 amide bonds. The average Bonchev–Trinajstić information content (AvgIpc) is 3.83. The van der Waals surface area contributed by atoms with Crippen LogP contribution < -0.4 is 4.90 Å². The van der Waals surface area contributed by atoms with Gasteiger partial charge in [0.15, 0.2) is 0 Å². The lowest BCUT2D eigenvalue weighted by Crippen LogP contribution is -2.10. The van der Waals surface area contributed by atoms with E-state index in [1.54, 1.807) is 0 Å². The van der Waals surface area contributed by atoms with E-state index in [-0.39, 0.29) is 0 Å². The molecule has 0 atom stereocenters. The fourth-order valence-corrected chi connectivity index (χ4v) is 9.05. The zero-order chi connectivity index (χ0) is 32.8. The summed E-state index contributed by atoms with van der Waals surface area (Å²) in [6.07, 6.45) is 0. The van der Waals surface area contributed by atoms with E-state index in [1.807, 2.05) is 11.3 Å². The minimum atomic E-state index is 0.875. The second-order valence-electron chi connectivity index (χ2n) is 13.0. The fourth-order valence-electron chi connectivity index (χ4n) is 7.91. The van der Waals surface area contributed by atoms with Gasteiger partial charge in [-0.2, -0.15) is 0 Å². The number of furan rings is 1. The summed E-state index contributed by atoms with van der Waals surface area (Å²) >= 11 is 1.85. The number of fused-ring (bicyclic) bond motifs is 10. The lowest BCUT2D eigenvalue weighted by Gasteiger charge is -2.26. The molecule has 11 aromatic rings. The molecule has 0 saturated heterocycles. The first-order valence-electron chi connectivity index (χ1n) is 16.9. The number of thiophene rings is 1.